The number of carbonyl (C=O) groups is 2. The van der Waals surface area contributed by atoms with E-state index in [1.165, 1.54) is 29.2 Å². The van der Waals surface area contributed by atoms with Crippen LogP contribution in [0.5, 0.6) is 0 Å². The second-order valence-electron chi connectivity index (χ2n) is 7.12. The quantitative estimate of drug-likeness (QED) is 0.836. The second kappa shape index (κ2) is 7.99. The first-order valence-corrected chi connectivity index (χ1v) is 8.52. The fourth-order valence-electron chi connectivity index (χ4n) is 2.36. The van der Waals surface area contributed by atoms with Crippen molar-refractivity contribution in [2.24, 2.45) is 0 Å². The lowest BCUT2D eigenvalue weighted by Crippen LogP contribution is -2.47. The van der Waals surface area contributed by atoms with E-state index >= 15 is 0 Å². The monoisotopic (exact) mass is 398 g/mol. The van der Waals surface area contributed by atoms with Crippen molar-refractivity contribution in [2.75, 3.05) is 13.1 Å². The number of hydrogen-bond donors (Lipinski definition) is 1. The lowest BCUT2D eigenvalue weighted by molar-refractivity contribution is -0.159. The maximum absolute atomic E-state index is 12.6. The molecule has 2 amide bonds. The maximum atomic E-state index is 12.6. The Morgan fingerprint density at radius 3 is 2.21 bits per heavy atom. The van der Waals surface area contributed by atoms with Gasteiger partial charge >= 0.3 is 12.1 Å². The predicted octanol–water partition coefficient (Wildman–Crippen LogP) is 3.13. The van der Waals surface area contributed by atoms with Crippen LogP contribution in [0.25, 0.3) is 11.4 Å². The van der Waals surface area contributed by atoms with E-state index in [4.69, 9.17) is 0 Å². The van der Waals surface area contributed by atoms with Crippen LogP contribution in [0.4, 0.5) is 13.2 Å². The van der Waals surface area contributed by atoms with Crippen molar-refractivity contribution in [3.63, 3.8) is 0 Å². The minimum absolute atomic E-state index is 0.103. The third-order valence-electron chi connectivity index (χ3n) is 3.58. The molecule has 2 aromatic rings. The van der Waals surface area contributed by atoms with Crippen molar-refractivity contribution in [3.05, 3.63) is 35.7 Å². The molecule has 1 heterocycles. The highest BCUT2D eigenvalue weighted by molar-refractivity contribution is 5.96. The van der Waals surface area contributed by atoms with Crippen LogP contribution >= 0.6 is 0 Å². The Labute approximate surface area is 159 Å². The Kier molecular flexibility index (Phi) is 6.10. The van der Waals surface area contributed by atoms with E-state index in [2.05, 4.69) is 20.0 Å². The number of nitrogens with one attached hydrogen (secondary N) is 1. The molecule has 0 aliphatic carbocycles. The van der Waals surface area contributed by atoms with Gasteiger partial charge in [-0.15, -0.1) is 0 Å². The van der Waals surface area contributed by atoms with E-state index in [1.54, 1.807) is 6.92 Å². The summed E-state index contributed by atoms with van der Waals surface area (Å²) in [7, 11) is 0. The number of benzene rings is 1. The molecule has 0 saturated carbocycles. The Bertz CT molecular complexity index is 839. The summed E-state index contributed by atoms with van der Waals surface area (Å²) in [6.07, 6.45) is -4.73. The Morgan fingerprint density at radius 1 is 1.14 bits per heavy atom. The first-order chi connectivity index (χ1) is 12.9. The van der Waals surface area contributed by atoms with Gasteiger partial charge in [0, 0.05) is 23.2 Å². The van der Waals surface area contributed by atoms with Crippen LogP contribution in [0.1, 0.15) is 43.9 Å². The molecule has 28 heavy (non-hydrogen) atoms. The minimum Gasteiger partial charge on any atom is -0.350 e. The van der Waals surface area contributed by atoms with E-state index in [1.807, 2.05) is 20.8 Å². The first kappa shape index (κ1) is 21.4. The van der Waals surface area contributed by atoms with Crippen LogP contribution in [0.2, 0.25) is 0 Å². The molecule has 1 aromatic carbocycles. The van der Waals surface area contributed by atoms with Gasteiger partial charge in [-0.1, -0.05) is 17.3 Å². The molecule has 10 heteroatoms. The third-order valence-corrected chi connectivity index (χ3v) is 3.58. The smallest absolute Gasteiger partial charge is 0.350 e. The van der Waals surface area contributed by atoms with E-state index < -0.39 is 17.6 Å². The Morgan fingerprint density at radius 2 is 1.75 bits per heavy atom. The highest BCUT2D eigenvalue weighted by Crippen LogP contribution is 2.29. The zero-order chi connectivity index (χ0) is 21.1. The molecule has 7 nitrogen and oxygen atoms in total. The number of nitrogens with zero attached hydrogens (tertiary/aromatic N) is 3. The topological polar surface area (TPSA) is 88.3 Å². The minimum atomic E-state index is -4.73. The third kappa shape index (κ3) is 5.54. The highest BCUT2D eigenvalue weighted by Gasteiger charge is 2.38. The fraction of sp³-hybridized carbons (Fsp3) is 0.444. The molecule has 0 radical (unpaired) electrons. The number of likely N-dealkylation sites (N-methyl/N-ethyl adjacent to an activating group) is 1. The van der Waals surface area contributed by atoms with Crippen molar-refractivity contribution in [2.45, 2.75) is 39.4 Å². The molecule has 0 saturated heterocycles. The summed E-state index contributed by atoms with van der Waals surface area (Å²) in [6, 6.07) is 5.71. The van der Waals surface area contributed by atoms with Crippen molar-refractivity contribution in [1.82, 2.24) is 20.4 Å². The second-order valence-corrected chi connectivity index (χ2v) is 7.12. The van der Waals surface area contributed by atoms with Gasteiger partial charge in [0.1, 0.15) is 0 Å². The average molecular weight is 398 g/mol. The van der Waals surface area contributed by atoms with Crippen molar-refractivity contribution >= 4 is 11.8 Å². The fourth-order valence-corrected chi connectivity index (χ4v) is 2.36. The SMILES string of the molecule is CCN(CC(=O)NC(C)(C)C)C(=O)c1ccc(-c2noc(C(F)(F)F)n2)cc1. The van der Waals surface area contributed by atoms with Gasteiger partial charge in [-0.2, -0.15) is 18.2 Å². The number of aromatic nitrogens is 2. The van der Waals surface area contributed by atoms with Gasteiger partial charge in [-0.3, -0.25) is 9.59 Å². The van der Waals surface area contributed by atoms with E-state index in [9.17, 15) is 22.8 Å². The van der Waals surface area contributed by atoms with Gasteiger partial charge in [0.05, 0.1) is 6.54 Å². The van der Waals surface area contributed by atoms with E-state index in [0.29, 0.717) is 6.54 Å². The van der Waals surface area contributed by atoms with Gasteiger partial charge in [0.25, 0.3) is 5.91 Å². The van der Waals surface area contributed by atoms with Gasteiger partial charge < -0.3 is 14.7 Å². The zero-order valence-electron chi connectivity index (χ0n) is 15.9. The summed E-state index contributed by atoms with van der Waals surface area (Å²) < 4.78 is 41.8. The average Bonchev–Trinajstić information content (AvgIpc) is 3.08. The van der Waals surface area contributed by atoms with Crippen molar-refractivity contribution in [3.8, 4) is 11.4 Å². The molecule has 2 rings (SSSR count). The summed E-state index contributed by atoms with van der Waals surface area (Å²) in [4.78, 5) is 29.3. The van der Waals surface area contributed by atoms with Crippen LogP contribution in [-0.2, 0) is 11.0 Å². The molecule has 0 aliphatic rings. The normalized spacial score (nSPS) is 12.0. The van der Waals surface area contributed by atoms with Gasteiger partial charge in [0.15, 0.2) is 0 Å². The van der Waals surface area contributed by atoms with Gasteiger partial charge in [-0.25, -0.2) is 0 Å². The maximum Gasteiger partial charge on any atom is 0.471 e. The molecular formula is C18H21F3N4O3. The lowest BCUT2D eigenvalue weighted by atomic mass is 10.1. The predicted molar refractivity (Wildman–Crippen MR) is 94.2 cm³/mol. The number of halogens is 3. The molecule has 0 atom stereocenters. The molecule has 0 unspecified atom stereocenters. The largest absolute Gasteiger partial charge is 0.471 e. The number of alkyl halides is 3. The number of amides is 2. The molecule has 0 fully saturated rings. The van der Waals surface area contributed by atoms with E-state index in [0.717, 1.165) is 0 Å². The number of rotatable bonds is 5. The number of hydrogen-bond acceptors (Lipinski definition) is 5. The van der Waals surface area contributed by atoms with Crippen LogP contribution < -0.4 is 5.32 Å². The van der Waals surface area contributed by atoms with Crippen LogP contribution in [0, 0.1) is 0 Å². The van der Waals surface area contributed by atoms with Gasteiger partial charge in [-0.05, 0) is 39.8 Å². The van der Waals surface area contributed by atoms with Crippen LogP contribution in [0.3, 0.4) is 0 Å². The Balaban J connectivity index is 2.11. The Hall–Kier alpha value is -2.91. The summed E-state index contributed by atoms with van der Waals surface area (Å²) in [5, 5.41) is 6.08. The first-order valence-electron chi connectivity index (χ1n) is 8.52. The molecule has 152 valence electrons. The molecular weight excluding hydrogens is 377 g/mol. The highest BCUT2D eigenvalue weighted by atomic mass is 19.4. The summed E-state index contributed by atoms with van der Waals surface area (Å²) in [6.45, 7) is 7.47. The van der Waals surface area contributed by atoms with Gasteiger partial charge in [0.2, 0.25) is 11.7 Å². The molecule has 0 aliphatic heterocycles. The molecule has 0 bridgehead atoms. The summed E-state index contributed by atoms with van der Waals surface area (Å²) in [5.74, 6) is -2.33. The van der Waals surface area contributed by atoms with Crippen LogP contribution in [0.15, 0.2) is 28.8 Å². The lowest BCUT2D eigenvalue weighted by Gasteiger charge is -2.25. The number of carbonyl (C=O) groups excluding carboxylic acids is 2. The molecule has 0 spiro atoms. The van der Waals surface area contributed by atoms with Crippen molar-refractivity contribution in [1.29, 1.82) is 0 Å². The standard InChI is InChI=1S/C18H21F3N4O3/c1-5-25(10-13(26)23-17(2,3)4)15(27)12-8-6-11(7-9-12)14-22-16(28-24-14)18(19,20)21/h6-9H,5,10H2,1-4H3,(H,23,26). The summed E-state index contributed by atoms with van der Waals surface area (Å²) in [5.41, 5.74) is 0.138. The molecule has 1 aromatic heterocycles. The zero-order valence-corrected chi connectivity index (χ0v) is 15.9. The van der Waals surface area contributed by atoms with Crippen LogP contribution in [-0.4, -0.2) is 45.5 Å². The summed E-state index contributed by atoms with van der Waals surface area (Å²) >= 11 is 0. The molecule has 1 N–H and O–H groups in total. The van der Waals surface area contributed by atoms with E-state index in [-0.39, 0.29) is 35.3 Å². The van der Waals surface area contributed by atoms with Crippen molar-refractivity contribution < 1.29 is 27.3 Å².